The molecule has 4 heteroatoms. The molecule has 1 N–H and O–H groups in total. The largest absolute Gasteiger partial charge is 0.504 e. The quantitative estimate of drug-likeness (QED) is 0.276. The molecule has 0 saturated carbocycles. The van der Waals surface area contributed by atoms with Crippen LogP contribution < -0.4 is 4.74 Å². The maximum absolute atomic E-state index is 12.8. The molecule has 176 valence electrons. The van der Waals surface area contributed by atoms with E-state index >= 15 is 0 Å². The van der Waals surface area contributed by atoms with Gasteiger partial charge in [0.25, 0.3) is 0 Å². The Bertz CT molecular complexity index is 1250. The second-order valence-electron chi connectivity index (χ2n) is 9.10. The van der Waals surface area contributed by atoms with Crippen LogP contribution in [0.1, 0.15) is 67.7 Å². The van der Waals surface area contributed by atoms with E-state index in [1.165, 1.54) is 12.5 Å². The number of carbonyl (C=O) groups is 2. The van der Waals surface area contributed by atoms with Gasteiger partial charge >= 0.3 is 0 Å². The number of carbonyl (C=O) groups excluding carboxylic acids is 2. The summed E-state index contributed by atoms with van der Waals surface area (Å²) in [4.78, 5) is 25.0. The van der Waals surface area contributed by atoms with Crippen LogP contribution in [0.15, 0.2) is 54.1 Å². The highest BCUT2D eigenvalue weighted by molar-refractivity contribution is 6.10. The van der Waals surface area contributed by atoms with E-state index in [2.05, 4.69) is 37.3 Å². The fraction of sp³-hybridized carbons (Fsp3) is 0.333. The fourth-order valence-corrected chi connectivity index (χ4v) is 4.78. The van der Waals surface area contributed by atoms with Gasteiger partial charge in [-0.15, -0.1) is 0 Å². The average molecular weight is 457 g/mol. The molecule has 0 atom stereocenters. The van der Waals surface area contributed by atoms with Crippen molar-refractivity contribution >= 4 is 28.4 Å². The van der Waals surface area contributed by atoms with Crippen LogP contribution in [0.3, 0.4) is 0 Å². The van der Waals surface area contributed by atoms with Crippen molar-refractivity contribution in [1.29, 1.82) is 0 Å². The van der Waals surface area contributed by atoms with Gasteiger partial charge in [-0.25, -0.2) is 0 Å². The summed E-state index contributed by atoms with van der Waals surface area (Å²) in [6, 6.07) is 16.4. The fourth-order valence-electron chi connectivity index (χ4n) is 4.78. The number of allylic oxidation sites excluding steroid dienone is 1. The van der Waals surface area contributed by atoms with E-state index in [1.807, 2.05) is 18.2 Å². The van der Waals surface area contributed by atoms with Gasteiger partial charge in [0.05, 0.1) is 13.5 Å². The SMILES string of the molecule is CCCCCC(=O)CC(=O)C1=Cc2cc(OC)c(O)c(Cc3ccc4ccccc4c3)c2CC1. The van der Waals surface area contributed by atoms with Gasteiger partial charge in [0.2, 0.25) is 0 Å². The minimum atomic E-state index is -0.0877. The second kappa shape index (κ2) is 10.7. The van der Waals surface area contributed by atoms with Crippen LogP contribution in [0.5, 0.6) is 11.5 Å². The highest BCUT2D eigenvalue weighted by atomic mass is 16.5. The van der Waals surface area contributed by atoms with E-state index in [1.54, 1.807) is 6.07 Å². The lowest BCUT2D eigenvalue weighted by Gasteiger charge is -2.22. The molecule has 1 aliphatic rings. The van der Waals surface area contributed by atoms with Crippen molar-refractivity contribution in [1.82, 2.24) is 0 Å². The molecule has 3 aromatic rings. The van der Waals surface area contributed by atoms with Crippen LogP contribution in [0.4, 0.5) is 0 Å². The number of methoxy groups -OCH3 is 1. The van der Waals surface area contributed by atoms with Crippen LogP contribution in [0.2, 0.25) is 0 Å². The number of rotatable bonds is 10. The Morgan fingerprint density at radius 3 is 2.56 bits per heavy atom. The number of unbranched alkanes of at least 4 members (excludes halogenated alkanes) is 2. The summed E-state index contributed by atoms with van der Waals surface area (Å²) in [6.45, 7) is 2.10. The summed E-state index contributed by atoms with van der Waals surface area (Å²) in [5, 5.41) is 13.3. The molecule has 4 rings (SSSR count). The minimum absolute atomic E-state index is 0.0189. The summed E-state index contributed by atoms with van der Waals surface area (Å²) < 4.78 is 5.46. The maximum Gasteiger partial charge on any atom is 0.166 e. The lowest BCUT2D eigenvalue weighted by Crippen LogP contribution is -2.14. The molecule has 3 aromatic carbocycles. The zero-order valence-corrected chi connectivity index (χ0v) is 20.0. The summed E-state index contributed by atoms with van der Waals surface area (Å²) in [5.74, 6) is 0.486. The predicted molar refractivity (Wildman–Crippen MR) is 136 cm³/mol. The van der Waals surface area contributed by atoms with Crippen LogP contribution in [0.25, 0.3) is 16.8 Å². The lowest BCUT2D eigenvalue weighted by atomic mass is 9.84. The summed E-state index contributed by atoms with van der Waals surface area (Å²) in [6.07, 6.45) is 7.04. The normalized spacial score (nSPS) is 12.8. The van der Waals surface area contributed by atoms with Crippen molar-refractivity contribution in [3.63, 3.8) is 0 Å². The zero-order valence-electron chi connectivity index (χ0n) is 20.0. The molecule has 0 fully saturated rings. The summed E-state index contributed by atoms with van der Waals surface area (Å²) in [7, 11) is 1.54. The lowest BCUT2D eigenvalue weighted by molar-refractivity contribution is -0.125. The Kier molecular flexibility index (Phi) is 7.46. The Hall–Kier alpha value is -3.40. The predicted octanol–water partition coefficient (Wildman–Crippen LogP) is 6.58. The smallest absolute Gasteiger partial charge is 0.166 e. The number of fused-ring (bicyclic) bond motifs is 2. The zero-order chi connectivity index (χ0) is 24.1. The molecule has 0 heterocycles. The van der Waals surface area contributed by atoms with E-state index in [4.69, 9.17) is 4.74 Å². The van der Waals surface area contributed by atoms with Gasteiger partial charge in [0, 0.05) is 18.4 Å². The number of ketones is 2. The first-order valence-corrected chi connectivity index (χ1v) is 12.1. The van der Waals surface area contributed by atoms with Crippen molar-refractivity contribution in [2.45, 2.75) is 58.3 Å². The van der Waals surface area contributed by atoms with Crippen LogP contribution >= 0.6 is 0 Å². The van der Waals surface area contributed by atoms with Gasteiger partial charge in [-0.2, -0.15) is 0 Å². The van der Waals surface area contributed by atoms with Crippen molar-refractivity contribution in [3.8, 4) is 11.5 Å². The Labute approximate surface area is 201 Å². The van der Waals surface area contributed by atoms with Gasteiger partial charge in [-0.1, -0.05) is 62.2 Å². The highest BCUT2D eigenvalue weighted by Crippen LogP contribution is 2.40. The molecule has 0 aliphatic heterocycles. The van der Waals surface area contributed by atoms with E-state index in [9.17, 15) is 14.7 Å². The number of aromatic hydroxyl groups is 1. The van der Waals surface area contributed by atoms with Crippen molar-refractivity contribution in [2.75, 3.05) is 7.11 Å². The number of phenolic OH excluding ortho intramolecular Hbond substituents is 1. The molecular formula is C30H32O4. The van der Waals surface area contributed by atoms with Gasteiger partial charge in [0.15, 0.2) is 17.3 Å². The Morgan fingerprint density at radius 1 is 1.00 bits per heavy atom. The number of hydrogen-bond donors (Lipinski definition) is 1. The molecule has 34 heavy (non-hydrogen) atoms. The Balaban J connectivity index is 1.61. The molecule has 1 aliphatic carbocycles. The second-order valence-corrected chi connectivity index (χ2v) is 9.10. The number of phenols is 1. The van der Waals surface area contributed by atoms with Gasteiger partial charge in [-0.05, 0) is 64.4 Å². The van der Waals surface area contributed by atoms with Crippen LogP contribution in [-0.4, -0.2) is 23.8 Å². The summed E-state index contributed by atoms with van der Waals surface area (Å²) >= 11 is 0. The van der Waals surface area contributed by atoms with Gasteiger partial charge < -0.3 is 9.84 Å². The van der Waals surface area contributed by atoms with Crippen molar-refractivity contribution in [2.24, 2.45) is 0 Å². The first-order chi connectivity index (χ1) is 16.5. The van der Waals surface area contributed by atoms with E-state index in [0.29, 0.717) is 37.0 Å². The molecule has 0 saturated heterocycles. The minimum Gasteiger partial charge on any atom is -0.504 e. The number of benzene rings is 3. The summed E-state index contributed by atoms with van der Waals surface area (Å²) in [5.41, 5.74) is 4.55. The third-order valence-corrected chi connectivity index (χ3v) is 6.68. The van der Waals surface area contributed by atoms with Crippen molar-refractivity contribution in [3.05, 3.63) is 76.4 Å². The monoisotopic (exact) mass is 456 g/mol. The van der Waals surface area contributed by atoms with E-state index in [0.717, 1.165) is 46.9 Å². The molecule has 0 unspecified atom stereocenters. The van der Waals surface area contributed by atoms with E-state index in [-0.39, 0.29) is 23.7 Å². The van der Waals surface area contributed by atoms with Crippen molar-refractivity contribution < 1.29 is 19.4 Å². The maximum atomic E-state index is 12.8. The Morgan fingerprint density at radius 2 is 1.79 bits per heavy atom. The average Bonchev–Trinajstić information content (AvgIpc) is 2.85. The topological polar surface area (TPSA) is 63.6 Å². The molecule has 4 nitrogen and oxygen atoms in total. The van der Waals surface area contributed by atoms with Gasteiger partial charge in [0.1, 0.15) is 5.78 Å². The molecule has 0 bridgehead atoms. The third-order valence-electron chi connectivity index (χ3n) is 6.68. The van der Waals surface area contributed by atoms with Gasteiger partial charge in [-0.3, -0.25) is 9.59 Å². The molecular weight excluding hydrogens is 424 g/mol. The molecule has 0 amide bonds. The van der Waals surface area contributed by atoms with Crippen LogP contribution in [0, 0.1) is 0 Å². The highest BCUT2D eigenvalue weighted by Gasteiger charge is 2.24. The number of ether oxygens (including phenoxy) is 1. The van der Waals surface area contributed by atoms with Crippen LogP contribution in [-0.2, 0) is 22.4 Å². The first kappa shape index (κ1) is 23.7. The first-order valence-electron chi connectivity index (χ1n) is 12.1. The molecule has 0 aromatic heterocycles. The third kappa shape index (κ3) is 5.22. The molecule has 0 spiro atoms. The number of hydrogen-bond acceptors (Lipinski definition) is 4. The standard InChI is InChI=1S/C30H32O4/c1-3-4-5-10-25(31)19-28(32)23-13-14-26-24(17-23)18-29(34-2)30(33)27(26)16-20-11-12-21-8-6-7-9-22(21)15-20/h6-9,11-12,15,17-18,33H,3-5,10,13-14,16,19H2,1-2H3. The number of Topliss-reactive ketones (excluding diaryl/α,β-unsaturated/α-hetero) is 2. The molecule has 0 radical (unpaired) electrons. The van der Waals surface area contributed by atoms with E-state index < -0.39 is 0 Å².